The second kappa shape index (κ2) is 7.87. The molecule has 144 valence electrons. The summed E-state index contributed by atoms with van der Waals surface area (Å²) in [6.45, 7) is 5.36. The lowest BCUT2D eigenvalue weighted by Crippen LogP contribution is -2.36. The zero-order chi connectivity index (χ0) is 19.6. The summed E-state index contributed by atoms with van der Waals surface area (Å²) < 4.78 is 26.4. The number of aromatic nitrogens is 4. The van der Waals surface area contributed by atoms with Gasteiger partial charge < -0.3 is 14.8 Å². The van der Waals surface area contributed by atoms with E-state index in [1.165, 1.54) is 7.11 Å². The van der Waals surface area contributed by atoms with Gasteiger partial charge in [-0.15, -0.1) is 0 Å². The molecule has 0 radical (unpaired) electrons. The van der Waals surface area contributed by atoms with E-state index >= 15 is 0 Å². The molecule has 3 aromatic rings. The molecule has 7 nitrogen and oxygen atoms in total. The summed E-state index contributed by atoms with van der Waals surface area (Å²) in [7, 11) is 3.11. The van der Waals surface area contributed by atoms with Crippen LogP contribution in [0.2, 0.25) is 0 Å². The Balaban J connectivity index is 1.93. The number of halogens is 1. The summed E-state index contributed by atoms with van der Waals surface area (Å²) in [4.78, 5) is 8.70. The van der Waals surface area contributed by atoms with Crippen LogP contribution in [-0.4, -0.2) is 52.3 Å². The SMILES string of the molecule is COc1ccc2c(C)nn(-c3ccnc(N[C@@H](C)C(F)C(C)OC)n3)c2c1. The number of alkyl halides is 1. The number of hydrogen-bond acceptors (Lipinski definition) is 6. The van der Waals surface area contributed by atoms with Gasteiger partial charge in [0.25, 0.3) is 0 Å². The second-order valence-corrected chi connectivity index (χ2v) is 6.44. The fourth-order valence-corrected chi connectivity index (χ4v) is 2.91. The van der Waals surface area contributed by atoms with Crippen molar-refractivity contribution in [1.82, 2.24) is 19.7 Å². The third-order valence-corrected chi connectivity index (χ3v) is 4.59. The number of benzene rings is 1. The molecule has 2 aromatic heterocycles. The molecule has 0 saturated heterocycles. The topological polar surface area (TPSA) is 74.1 Å². The van der Waals surface area contributed by atoms with Crippen LogP contribution in [0.25, 0.3) is 16.7 Å². The summed E-state index contributed by atoms with van der Waals surface area (Å²) in [5, 5.41) is 8.59. The van der Waals surface area contributed by atoms with E-state index in [1.807, 2.05) is 25.1 Å². The predicted octanol–water partition coefficient (Wildman–Crippen LogP) is 3.31. The zero-order valence-corrected chi connectivity index (χ0v) is 16.1. The highest BCUT2D eigenvalue weighted by Gasteiger charge is 2.23. The first-order valence-corrected chi connectivity index (χ1v) is 8.74. The van der Waals surface area contributed by atoms with Crippen LogP contribution in [0.5, 0.6) is 5.75 Å². The number of aryl methyl sites for hydroxylation is 1. The third kappa shape index (κ3) is 3.85. The number of nitrogens with zero attached hydrogens (tertiary/aromatic N) is 4. The van der Waals surface area contributed by atoms with Crippen LogP contribution in [0.4, 0.5) is 10.3 Å². The maximum absolute atomic E-state index is 14.3. The van der Waals surface area contributed by atoms with E-state index in [0.29, 0.717) is 11.8 Å². The van der Waals surface area contributed by atoms with Crippen LogP contribution in [0.3, 0.4) is 0 Å². The molecule has 0 saturated carbocycles. The fourth-order valence-electron chi connectivity index (χ4n) is 2.91. The highest BCUT2D eigenvalue weighted by atomic mass is 19.1. The zero-order valence-electron chi connectivity index (χ0n) is 16.1. The average Bonchev–Trinajstić information content (AvgIpc) is 3.02. The van der Waals surface area contributed by atoms with Crippen molar-refractivity contribution < 1.29 is 13.9 Å². The van der Waals surface area contributed by atoms with Crippen molar-refractivity contribution >= 4 is 16.9 Å². The van der Waals surface area contributed by atoms with Gasteiger partial charge in [-0.05, 0) is 32.9 Å². The van der Waals surface area contributed by atoms with Crippen molar-refractivity contribution in [3.8, 4) is 11.6 Å². The van der Waals surface area contributed by atoms with Crippen LogP contribution >= 0.6 is 0 Å². The molecule has 2 heterocycles. The van der Waals surface area contributed by atoms with Crippen molar-refractivity contribution in [1.29, 1.82) is 0 Å². The number of anilines is 1. The number of nitrogens with one attached hydrogen (secondary N) is 1. The van der Waals surface area contributed by atoms with Crippen LogP contribution in [-0.2, 0) is 4.74 Å². The van der Waals surface area contributed by atoms with Gasteiger partial charge in [-0.1, -0.05) is 0 Å². The van der Waals surface area contributed by atoms with Crippen LogP contribution in [0.15, 0.2) is 30.5 Å². The Kier molecular flexibility index (Phi) is 5.55. The van der Waals surface area contributed by atoms with Crippen molar-refractivity contribution in [2.75, 3.05) is 19.5 Å². The molecule has 3 atom stereocenters. The first-order chi connectivity index (χ1) is 12.9. The monoisotopic (exact) mass is 373 g/mol. The van der Waals surface area contributed by atoms with E-state index in [1.54, 1.807) is 37.9 Å². The summed E-state index contributed by atoms with van der Waals surface area (Å²) in [6.07, 6.45) is -0.104. The van der Waals surface area contributed by atoms with E-state index in [9.17, 15) is 4.39 Å². The van der Waals surface area contributed by atoms with E-state index in [2.05, 4.69) is 20.4 Å². The first kappa shape index (κ1) is 19.0. The molecule has 1 N–H and O–H groups in total. The summed E-state index contributed by atoms with van der Waals surface area (Å²) in [5.41, 5.74) is 1.76. The highest BCUT2D eigenvalue weighted by Crippen LogP contribution is 2.25. The smallest absolute Gasteiger partial charge is 0.224 e. The van der Waals surface area contributed by atoms with Gasteiger partial charge in [0.1, 0.15) is 11.9 Å². The average molecular weight is 373 g/mol. The Morgan fingerprint density at radius 3 is 2.67 bits per heavy atom. The normalized spacial score (nSPS) is 14.7. The van der Waals surface area contributed by atoms with Crippen LogP contribution in [0, 0.1) is 6.92 Å². The molecule has 0 aliphatic carbocycles. The van der Waals surface area contributed by atoms with E-state index in [-0.39, 0.29) is 0 Å². The van der Waals surface area contributed by atoms with Gasteiger partial charge in [-0.3, -0.25) is 0 Å². The van der Waals surface area contributed by atoms with Crippen molar-refractivity contribution in [2.45, 2.75) is 39.1 Å². The van der Waals surface area contributed by atoms with Gasteiger partial charge in [0.05, 0.1) is 30.5 Å². The Morgan fingerprint density at radius 1 is 1.19 bits per heavy atom. The van der Waals surface area contributed by atoms with E-state index in [4.69, 9.17) is 9.47 Å². The lowest BCUT2D eigenvalue weighted by Gasteiger charge is -2.22. The standard InChI is InChI=1S/C19H24FN5O2/c1-11-15-7-6-14(27-5)10-16(15)25(24-11)17-8-9-21-19(23-17)22-12(2)18(20)13(3)26-4/h6-10,12-13,18H,1-5H3,(H,21,22,23)/t12-,13?,18?/m0/s1. The third-order valence-electron chi connectivity index (χ3n) is 4.59. The molecule has 0 amide bonds. The predicted molar refractivity (Wildman–Crippen MR) is 102 cm³/mol. The van der Waals surface area contributed by atoms with Gasteiger partial charge in [0.15, 0.2) is 5.82 Å². The van der Waals surface area contributed by atoms with Crippen LogP contribution in [0.1, 0.15) is 19.5 Å². The molecule has 0 fully saturated rings. The molecule has 3 rings (SSSR count). The minimum atomic E-state index is -1.20. The molecular formula is C19H24FN5O2. The second-order valence-electron chi connectivity index (χ2n) is 6.44. The van der Waals surface area contributed by atoms with Gasteiger partial charge >= 0.3 is 0 Å². The molecule has 2 unspecified atom stereocenters. The summed E-state index contributed by atoms with van der Waals surface area (Å²) in [6, 6.07) is 7.02. The minimum absolute atomic E-state index is 0.329. The molecule has 0 aliphatic heterocycles. The fraction of sp³-hybridized carbons (Fsp3) is 0.421. The lowest BCUT2D eigenvalue weighted by molar-refractivity contribution is 0.0397. The van der Waals surface area contributed by atoms with Crippen molar-refractivity contribution in [3.05, 3.63) is 36.2 Å². The highest BCUT2D eigenvalue weighted by molar-refractivity contribution is 5.84. The van der Waals surface area contributed by atoms with E-state index < -0.39 is 18.3 Å². The first-order valence-electron chi connectivity index (χ1n) is 8.74. The Hall–Kier alpha value is -2.74. The molecule has 0 spiro atoms. The molecule has 0 aliphatic rings. The molecule has 8 heteroatoms. The summed E-state index contributed by atoms with van der Waals surface area (Å²) in [5.74, 6) is 1.65. The number of ether oxygens (including phenoxy) is 2. The maximum Gasteiger partial charge on any atom is 0.224 e. The largest absolute Gasteiger partial charge is 0.497 e. The minimum Gasteiger partial charge on any atom is -0.497 e. The van der Waals surface area contributed by atoms with Crippen molar-refractivity contribution in [2.24, 2.45) is 0 Å². The van der Waals surface area contributed by atoms with Gasteiger partial charge in [-0.25, -0.2) is 14.1 Å². The molecular weight excluding hydrogens is 349 g/mol. The van der Waals surface area contributed by atoms with Gasteiger partial charge in [0, 0.05) is 30.8 Å². The Morgan fingerprint density at radius 2 is 1.96 bits per heavy atom. The number of fused-ring (bicyclic) bond motifs is 1. The molecule has 0 bridgehead atoms. The lowest BCUT2D eigenvalue weighted by atomic mass is 10.1. The van der Waals surface area contributed by atoms with Gasteiger partial charge in [-0.2, -0.15) is 10.1 Å². The maximum atomic E-state index is 14.3. The molecule has 1 aromatic carbocycles. The molecule has 27 heavy (non-hydrogen) atoms. The summed E-state index contributed by atoms with van der Waals surface area (Å²) >= 11 is 0. The number of hydrogen-bond donors (Lipinski definition) is 1. The quantitative estimate of drug-likeness (QED) is 0.685. The Bertz CT molecular complexity index is 930. The number of methoxy groups -OCH3 is 2. The Labute approximate surface area is 157 Å². The van der Waals surface area contributed by atoms with E-state index in [0.717, 1.165) is 22.3 Å². The van der Waals surface area contributed by atoms with Crippen LogP contribution < -0.4 is 10.1 Å². The van der Waals surface area contributed by atoms with Crippen molar-refractivity contribution in [3.63, 3.8) is 0 Å². The number of rotatable bonds is 7. The van der Waals surface area contributed by atoms with Gasteiger partial charge in [0.2, 0.25) is 5.95 Å².